The summed E-state index contributed by atoms with van der Waals surface area (Å²) in [5, 5.41) is 21.8. The zero-order chi connectivity index (χ0) is 22.9. The molecule has 2 aliphatic heterocycles. The Balaban J connectivity index is 1.67. The minimum atomic E-state index is -4.07. The summed E-state index contributed by atoms with van der Waals surface area (Å²) < 4.78 is 54.0. The molecule has 0 bridgehead atoms. The summed E-state index contributed by atoms with van der Waals surface area (Å²) in [6.45, 7) is 1.19. The van der Waals surface area contributed by atoms with Crippen LogP contribution >= 0.6 is 11.6 Å². The minimum Gasteiger partial charge on any atom is -0.486 e. The molecular formula is C21H18ClFN4O4S. The maximum Gasteiger partial charge on any atom is 0.244 e. The number of sulfonamides is 1. The number of ether oxygens (including phenoxy) is 2. The minimum absolute atomic E-state index is 0.0146. The summed E-state index contributed by atoms with van der Waals surface area (Å²) in [6, 6.07) is 11.5. The Hall–Kier alpha value is -2.73. The lowest BCUT2D eigenvalue weighted by Crippen LogP contribution is -2.58. The number of hydrogen-bond donors (Lipinski definition) is 1. The Morgan fingerprint density at radius 2 is 2.00 bits per heavy atom. The van der Waals surface area contributed by atoms with Crippen LogP contribution in [0.4, 0.5) is 4.39 Å². The molecular weight excluding hydrogens is 459 g/mol. The quantitative estimate of drug-likeness (QED) is 0.717. The van der Waals surface area contributed by atoms with Crippen LogP contribution in [-0.2, 0) is 14.8 Å². The molecule has 11 heteroatoms. The lowest BCUT2D eigenvalue weighted by molar-refractivity contribution is -0.103. The third-order valence-electron chi connectivity index (χ3n) is 5.51. The van der Waals surface area contributed by atoms with Crippen LogP contribution in [0.2, 0.25) is 5.02 Å². The highest BCUT2D eigenvalue weighted by Crippen LogP contribution is 2.35. The molecule has 0 amide bonds. The second-order valence-corrected chi connectivity index (χ2v) is 9.84. The van der Waals surface area contributed by atoms with Crippen molar-refractivity contribution in [3.63, 3.8) is 0 Å². The SMILES string of the molecule is N#Cc1ccc(O[C@H]2CN(S(=O)(=O)c3ccc(Cl)cc3C#N)C[C@@]23CNCCO3)cc1F. The molecule has 1 N–H and O–H groups in total. The van der Waals surface area contributed by atoms with Gasteiger partial charge in [-0.1, -0.05) is 11.6 Å². The van der Waals surface area contributed by atoms with Gasteiger partial charge in [-0.3, -0.25) is 0 Å². The third kappa shape index (κ3) is 4.04. The summed E-state index contributed by atoms with van der Waals surface area (Å²) >= 11 is 5.91. The van der Waals surface area contributed by atoms with E-state index in [2.05, 4.69) is 5.32 Å². The molecule has 32 heavy (non-hydrogen) atoms. The molecule has 8 nitrogen and oxygen atoms in total. The van der Waals surface area contributed by atoms with Crippen LogP contribution < -0.4 is 10.1 Å². The third-order valence-corrected chi connectivity index (χ3v) is 7.62. The van der Waals surface area contributed by atoms with Gasteiger partial charge >= 0.3 is 0 Å². The first kappa shape index (κ1) is 22.5. The van der Waals surface area contributed by atoms with Gasteiger partial charge in [-0.2, -0.15) is 14.8 Å². The van der Waals surface area contributed by atoms with Gasteiger partial charge in [0, 0.05) is 30.7 Å². The van der Waals surface area contributed by atoms with Crippen LogP contribution in [0, 0.1) is 28.5 Å². The molecule has 1 spiro atoms. The van der Waals surface area contributed by atoms with Gasteiger partial charge in [-0.05, 0) is 30.3 Å². The highest BCUT2D eigenvalue weighted by Gasteiger charge is 2.54. The maximum atomic E-state index is 14.1. The topological polar surface area (TPSA) is 115 Å². The number of nitriles is 2. The Morgan fingerprint density at radius 3 is 2.66 bits per heavy atom. The molecule has 2 fully saturated rings. The number of benzene rings is 2. The smallest absolute Gasteiger partial charge is 0.244 e. The zero-order valence-electron chi connectivity index (χ0n) is 16.7. The number of rotatable bonds is 4. The van der Waals surface area contributed by atoms with Gasteiger partial charge in [0.05, 0.1) is 24.3 Å². The van der Waals surface area contributed by atoms with E-state index in [1.807, 2.05) is 6.07 Å². The van der Waals surface area contributed by atoms with E-state index in [1.165, 1.54) is 34.6 Å². The Kier molecular flexibility index (Phi) is 6.08. The largest absolute Gasteiger partial charge is 0.486 e. The van der Waals surface area contributed by atoms with Gasteiger partial charge in [0.15, 0.2) is 0 Å². The molecule has 166 valence electrons. The zero-order valence-corrected chi connectivity index (χ0v) is 18.3. The van der Waals surface area contributed by atoms with E-state index in [-0.39, 0.29) is 39.9 Å². The van der Waals surface area contributed by atoms with Crippen molar-refractivity contribution in [3.05, 3.63) is 58.4 Å². The second kappa shape index (κ2) is 8.66. The lowest BCUT2D eigenvalue weighted by atomic mass is 9.98. The normalized spacial score (nSPS) is 23.6. The highest BCUT2D eigenvalue weighted by molar-refractivity contribution is 7.89. The molecule has 0 radical (unpaired) electrons. The van der Waals surface area contributed by atoms with Crippen molar-refractivity contribution in [1.82, 2.24) is 9.62 Å². The average Bonchev–Trinajstić information content (AvgIpc) is 3.12. The first-order valence-electron chi connectivity index (χ1n) is 9.70. The monoisotopic (exact) mass is 476 g/mol. The van der Waals surface area contributed by atoms with Crippen molar-refractivity contribution in [2.75, 3.05) is 32.8 Å². The van der Waals surface area contributed by atoms with E-state index < -0.39 is 27.5 Å². The van der Waals surface area contributed by atoms with Crippen molar-refractivity contribution in [2.45, 2.75) is 16.6 Å². The number of hydrogen-bond acceptors (Lipinski definition) is 7. The second-order valence-electron chi connectivity index (χ2n) is 7.50. The number of nitrogens with zero attached hydrogens (tertiary/aromatic N) is 3. The number of morpholine rings is 1. The molecule has 4 rings (SSSR count). The van der Waals surface area contributed by atoms with Gasteiger partial charge < -0.3 is 14.8 Å². The molecule has 2 aromatic rings. The average molecular weight is 477 g/mol. The first-order valence-corrected chi connectivity index (χ1v) is 11.5. The fraction of sp³-hybridized carbons (Fsp3) is 0.333. The summed E-state index contributed by atoms with van der Waals surface area (Å²) in [5.74, 6) is -0.576. The molecule has 2 aliphatic rings. The van der Waals surface area contributed by atoms with Crippen LogP contribution in [-0.4, -0.2) is 57.2 Å². The molecule has 0 saturated carbocycles. The van der Waals surface area contributed by atoms with Crippen LogP contribution in [0.25, 0.3) is 0 Å². The molecule has 2 heterocycles. The van der Waals surface area contributed by atoms with Gasteiger partial charge in [0.1, 0.15) is 40.3 Å². The fourth-order valence-corrected chi connectivity index (χ4v) is 5.70. The van der Waals surface area contributed by atoms with Gasteiger partial charge in [0.2, 0.25) is 10.0 Å². The summed E-state index contributed by atoms with van der Waals surface area (Å²) in [5.41, 5.74) is -1.19. The Bertz CT molecular complexity index is 1240. The molecule has 2 saturated heterocycles. The van der Waals surface area contributed by atoms with E-state index in [9.17, 15) is 18.1 Å². The van der Waals surface area contributed by atoms with E-state index in [0.29, 0.717) is 19.7 Å². The first-order chi connectivity index (χ1) is 15.3. The van der Waals surface area contributed by atoms with E-state index in [0.717, 1.165) is 6.07 Å². The van der Waals surface area contributed by atoms with Gasteiger partial charge in [-0.25, -0.2) is 12.8 Å². The Morgan fingerprint density at radius 1 is 1.22 bits per heavy atom. The van der Waals surface area contributed by atoms with Crippen molar-refractivity contribution in [1.29, 1.82) is 10.5 Å². The van der Waals surface area contributed by atoms with Crippen LogP contribution in [0.3, 0.4) is 0 Å². The number of halogens is 2. The standard InChI is InChI=1S/C21H18ClFN4O4S/c22-16-2-4-19(15(7-16)10-25)32(28,29)27-11-20(21(13-27)12-26-5-6-30-21)31-17-3-1-14(9-24)18(23)8-17/h1-4,7-8,20,26H,5-6,11-13H2/t20-,21-/m0/s1. The maximum absolute atomic E-state index is 14.1. The molecule has 2 aromatic carbocycles. The number of nitrogens with one attached hydrogen (secondary N) is 1. The predicted molar refractivity (Wildman–Crippen MR) is 112 cm³/mol. The van der Waals surface area contributed by atoms with Gasteiger partial charge in [0.25, 0.3) is 0 Å². The van der Waals surface area contributed by atoms with E-state index in [4.69, 9.17) is 26.3 Å². The van der Waals surface area contributed by atoms with E-state index >= 15 is 0 Å². The van der Waals surface area contributed by atoms with Crippen LogP contribution in [0.15, 0.2) is 41.3 Å². The fourth-order valence-electron chi connectivity index (χ4n) is 3.91. The van der Waals surface area contributed by atoms with Crippen molar-refractivity contribution >= 4 is 21.6 Å². The molecule has 2 atom stereocenters. The summed E-state index contributed by atoms with van der Waals surface area (Å²) in [4.78, 5) is -0.159. The van der Waals surface area contributed by atoms with E-state index in [1.54, 1.807) is 6.07 Å². The van der Waals surface area contributed by atoms with Crippen molar-refractivity contribution in [3.8, 4) is 17.9 Å². The van der Waals surface area contributed by atoms with Crippen molar-refractivity contribution < 1.29 is 22.3 Å². The molecule has 0 aromatic heterocycles. The van der Waals surface area contributed by atoms with Crippen molar-refractivity contribution in [2.24, 2.45) is 0 Å². The molecule has 0 unspecified atom stereocenters. The lowest BCUT2D eigenvalue weighted by Gasteiger charge is -2.38. The predicted octanol–water partition coefficient (Wildman–Crippen LogP) is 2.03. The summed E-state index contributed by atoms with van der Waals surface area (Å²) in [6.07, 6.45) is -0.754. The van der Waals surface area contributed by atoms with Crippen LogP contribution in [0.1, 0.15) is 11.1 Å². The van der Waals surface area contributed by atoms with Crippen LogP contribution in [0.5, 0.6) is 5.75 Å². The highest BCUT2D eigenvalue weighted by atomic mass is 35.5. The molecule has 0 aliphatic carbocycles. The van der Waals surface area contributed by atoms with Gasteiger partial charge in [-0.15, -0.1) is 0 Å². The summed E-state index contributed by atoms with van der Waals surface area (Å²) in [7, 11) is -4.07. The Labute approximate surface area is 189 Å².